The summed E-state index contributed by atoms with van der Waals surface area (Å²) < 4.78 is 17.3. The van der Waals surface area contributed by atoms with E-state index in [1.165, 1.54) is 18.9 Å². The Labute approximate surface area is 109 Å². The van der Waals surface area contributed by atoms with E-state index >= 15 is 0 Å². The van der Waals surface area contributed by atoms with Gasteiger partial charge < -0.3 is 13.9 Å². The first-order valence-corrected chi connectivity index (χ1v) is 8.64. The van der Waals surface area contributed by atoms with Gasteiger partial charge in [0.15, 0.2) is 9.76 Å². The van der Waals surface area contributed by atoms with Crippen LogP contribution in [0.25, 0.3) is 0 Å². The van der Waals surface area contributed by atoms with Gasteiger partial charge in [-0.25, -0.2) is 0 Å². The molecule has 0 fully saturated rings. The summed E-state index contributed by atoms with van der Waals surface area (Å²) in [4.78, 5) is 0. The van der Waals surface area contributed by atoms with Crippen LogP contribution in [-0.4, -0.2) is 28.4 Å². The van der Waals surface area contributed by atoms with Crippen LogP contribution in [-0.2, 0) is 13.9 Å². The average molecular weight is 262 g/mol. The lowest BCUT2D eigenvalue weighted by Gasteiger charge is -2.25. The molecule has 0 saturated carbocycles. The van der Waals surface area contributed by atoms with E-state index in [0.717, 1.165) is 12.8 Å². The molecule has 0 bridgehead atoms. The molecular formula is C13H30O3Si. The van der Waals surface area contributed by atoms with Crippen molar-refractivity contribution in [1.82, 2.24) is 0 Å². The second kappa shape index (κ2) is 11.2. The van der Waals surface area contributed by atoms with Gasteiger partial charge in [0.2, 0.25) is 0 Å². The van der Waals surface area contributed by atoms with E-state index in [2.05, 4.69) is 34.6 Å². The summed E-state index contributed by atoms with van der Waals surface area (Å²) in [5, 5.41) is 0. The monoisotopic (exact) mass is 262 g/mol. The molecule has 2 unspecified atom stereocenters. The molecule has 0 heterocycles. The van der Waals surface area contributed by atoms with E-state index in [1.807, 2.05) is 0 Å². The first-order chi connectivity index (χ1) is 8.13. The van der Waals surface area contributed by atoms with Crippen molar-refractivity contribution in [1.29, 1.82) is 0 Å². The molecule has 0 spiro atoms. The van der Waals surface area contributed by atoms with Crippen molar-refractivity contribution in [2.24, 2.45) is 0 Å². The van der Waals surface area contributed by atoms with E-state index in [9.17, 15) is 0 Å². The van der Waals surface area contributed by atoms with E-state index in [1.54, 1.807) is 0 Å². The second-order valence-corrected chi connectivity index (χ2v) is 6.03. The molecule has 4 heteroatoms. The Hall–Kier alpha value is 0.0969. The zero-order valence-corrected chi connectivity index (χ0v) is 13.6. The predicted molar refractivity (Wildman–Crippen MR) is 74.8 cm³/mol. The first kappa shape index (κ1) is 17.1. The van der Waals surface area contributed by atoms with Crippen molar-refractivity contribution in [3.63, 3.8) is 0 Å². The van der Waals surface area contributed by atoms with Crippen LogP contribution in [0, 0.1) is 0 Å². The minimum absolute atomic E-state index is 0.198. The molecule has 0 aromatic rings. The van der Waals surface area contributed by atoms with Gasteiger partial charge in [-0.05, 0) is 32.7 Å². The molecule has 0 amide bonds. The van der Waals surface area contributed by atoms with E-state index in [0.29, 0.717) is 0 Å². The minimum atomic E-state index is -0.498. The van der Waals surface area contributed by atoms with Crippen LogP contribution in [0.3, 0.4) is 0 Å². The van der Waals surface area contributed by atoms with Crippen LogP contribution in [0.2, 0.25) is 6.04 Å². The normalized spacial score (nSPS) is 17.5. The van der Waals surface area contributed by atoms with Crippen molar-refractivity contribution in [2.75, 3.05) is 0 Å². The standard InChI is InChI=1S/C13H30O3Si/c1-6-9-10-17-16-13(14-11(4)7-2)15-12(5)8-3/h11-13H,6-10,17H2,1-5H3. The zero-order valence-electron chi connectivity index (χ0n) is 12.2. The quantitative estimate of drug-likeness (QED) is 0.325. The lowest BCUT2D eigenvalue weighted by molar-refractivity contribution is -0.280. The molecule has 2 atom stereocenters. The molecule has 0 aliphatic carbocycles. The summed E-state index contributed by atoms with van der Waals surface area (Å²) in [7, 11) is -0.498. The molecule has 17 heavy (non-hydrogen) atoms. The van der Waals surface area contributed by atoms with Crippen molar-refractivity contribution < 1.29 is 13.9 Å². The number of hydrogen-bond acceptors (Lipinski definition) is 3. The van der Waals surface area contributed by atoms with Crippen LogP contribution in [0.15, 0.2) is 0 Å². The summed E-state index contributed by atoms with van der Waals surface area (Å²) in [6.07, 6.45) is 4.86. The zero-order chi connectivity index (χ0) is 13.1. The van der Waals surface area contributed by atoms with Gasteiger partial charge in [-0.3, -0.25) is 0 Å². The Morgan fingerprint density at radius 2 is 1.47 bits per heavy atom. The van der Waals surface area contributed by atoms with Crippen molar-refractivity contribution in [3.8, 4) is 0 Å². The third-order valence-corrected chi connectivity index (χ3v) is 4.14. The Morgan fingerprint density at radius 3 is 1.88 bits per heavy atom. The number of hydrogen-bond donors (Lipinski definition) is 0. The number of ether oxygens (including phenoxy) is 2. The Bertz CT molecular complexity index is 155. The minimum Gasteiger partial charge on any atom is -0.379 e. The third kappa shape index (κ3) is 9.77. The van der Waals surface area contributed by atoms with Crippen LogP contribution in [0.4, 0.5) is 0 Å². The van der Waals surface area contributed by atoms with Gasteiger partial charge in [-0.15, -0.1) is 0 Å². The fraction of sp³-hybridized carbons (Fsp3) is 1.00. The highest BCUT2D eigenvalue weighted by atomic mass is 28.2. The maximum Gasteiger partial charge on any atom is 0.262 e. The highest BCUT2D eigenvalue weighted by molar-refractivity contribution is 6.27. The first-order valence-electron chi connectivity index (χ1n) is 7.06. The predicted octanol–water partition coefficient (Wildman–Crippen LogP) is 3.22. The van der Waals surface area contributed by atoms with Gasteiger partial charge in [0.05, 0.1) is 12.2 Å². The maximum atomic E-state index is 5.78. The van der Waals surface area contributed by atoms with Gasteiger partial charge in [-0.2, -0.15) is 0 Å². The smallest absolute Gasteiger partial charge is 0.262 e. The van der Waals surface area contributed by atoms with Crippen LogP contribution in [0.1, 0.15) is 60.3 Å². The summed E-state index contributed by atoms with van der Waals surface area (Å²) >= 11 is 0. The fourth-order valence-electron chi connectivity index (χ4n) is 1.21. The highest BCUT2D eigenvalue weighted by Crippen LogP contribution is 2.10. The fourth-order valence-corrected chi connectivity index (χ4v) is 2.43. The van der Waals surface area contributed by atoms with Crippen LogP contribution < -0.4 is 0 Å². The van der Waals surface area contributed by atoms with Gasteiger partial charge in [-0.1, -0.05) is 33.6 Å². The SMILES string of the molecule is CCCC[SiH2]OC(OC(C)CC)OC(C)CC. The second-order valence-electron chi connectivity index (χ2n) is 4.58. The van der Waals surface area contributed by atoms with Crippen LogP contribution in [0.5, 0.6) is 0 Å². The van der Waals surface area contributed by atoms with Crippen LogP contribution >= 0.6 is 0 Å². The Kier molecular flexibility index (Phi) is 11.3. The van der Waals surface area contributed by atoms with Gasteiger partial charge in [0.25, 0.3) is 6.48 Å². The third-order valence-electron chi connectivity index (χ3n) is 2.84. The molecule has 0 aliphatic heterocycles. The van der Waals surface area contributed by atoms with Crippen molar-refractivity contribution in [3.05, 3.63) is 0 Å². The summed E-state index contributed by atoms with van der Waals surface area (Å²) in [6.45, 7) is 10.1. The van der Waals surface area contributed by atoms with Gasteiger partial charge in [0, 0.05) is 0 Å². The molecule has 0 aromatic carbocycles. The average Bonchev–Trinajstić information content (AvgIpc) is 2.33. The van der Waals surface area contributed by atoms with Gasteiger partial charge in [0.1, 0.15) is 0 Å². The molecular weight excluding hydrogens is 232 g/mol. The maximum absolute atomic E-state index is 5.78. The molecule has 0 saturated heterocycles. The Balaban J connectivity index is 3.92. The molecule has 0 radical (unpaired) electrons. The van der Waals surface area contributed by atoms with Crippen molar-refractivity contribution >= 4 is 9.76 Å². The van der Waals surface area contributed by atoms with Gasteiger partial charge >= 0.3 is 0 Å². The molecule has 0 N–H and O–H groups in total. The lowest BCUT2D eigenvalue weighted by atomic mass is 10.3. The van der Waals surface area contributed by atoms with E-state index in [-0.39, 0.29) is 12.2 Å². The summed E-state index contributed by atoms with van der Waals surface area (Å²) in [6, 6.07) is 1.21. The highest BCUT2D eigenvalue weighted by Gasteiger charge is 2.15. The number of rotatable bonds is 11. The van der Waals surface area contributed by atoms with Crippen molar-refractivity contribution in [2.45, 2.75) is 85.0 Å². The molecule has 104 valence electrons. The Morgan fingerprint density at radius 1 is 0.941 bits per heavy atom. The number of unbranched alkanes of at least 4 members (excludes halogenated alkanes) is 1. The largest absolute Gasteiger partial charge is 0.379 e. The molecule has 0 aliphatic rings. The summed E-state index contributed by atoms with van der Waals surface area (Å²) in [5.74, 6) is 0. The molecule has 0 aromatic heterocycles. The molecule has 3 nitrogen and oxygen atoms in total. The topological polar surface area (TPSA) is 27.7 Å². The lowest BCUT2D eigenvalue weighted by Crippen LogP contribution is -2.30. The van der Waals surface area contributed by atoms with E-state index < -0.39 is 16.2 Å². The van der Waals surface area contributed by atoms with E-state index in [4.69, 9.17) is 13.9 Å². The summed E-state index contributed by atoms with van der Waals surface area (Å²) in [5.41, 5.74) is 0. The molecule has 0 rings (SSSR count).